The molecule has 0 saturated carbocycles. The normalized spacial score (nSPS) is 11.1. The Labute approximate surface area is 219 Å². The molecule has 0 aliphatic heterocycles. The number of para-hydroxylation sites is 3. The minimum Gasteiger partial charge on any atom is -0.493 e. The van der Waals surface area contributed by atoms with E-state index in [1.807, 2.05) is 66.7 Å². The van der Waals surface area contributed by atoms with E-state index in [1.54, 1.807) is 6.08 Å². The maximum atomic E-state index is 12.2. The predicted octanol–water partition coefficient (Wildman–Crippen LogP) is 6.39. The zero-order valence-electron chi connectivity index (χ0n) is 21.3. The van der Waals surface area contributed by atoms with Gasteiger partial charge in [-0.3, -0.25) is 4.79 Å². The molecule has 5 nitrogen and oxygen atoms in total. The summed E-state index contributed by atoms with van der Waals surface area (Å²) in [5.41, 5.74) is 4.35. The van der Waals surface area contributed by atoms with Crippen LogP contribution in [0.5, 0.6) is 5.75 Å². The summed E-state index contributed by atoms with van der Waals surface area (Å²) in [7, 11) is 0. The van der Waals surface area contributed by atoms with Gasteiger partial charge in [-0.25, -0.2) is 4.98 Å². The van der Waals surface area contributed by atoms with Gasteiger partial charge in [0.05, 0.1) is 17.6 Å². The Balaban J connectivity index is 1.26. The Bertz CT molecular complexity index is 1320. The van der Waals surface area contributed by atoms with Gasteiger partial charge in [-0.15, -0.1) is 6.58 Å². The summed E-state index contributed by atoms with van der Waals surface area (Å²) >= 11 is 0. The van der Waals surface area contributed by atoms with Crippen molar-refractivity contribution in [2.75, 3.05) is 13.2 Å². The third-order valence-electron chi connectivity index (χ3n) is 6.21. The highest BCUT2D eigenvalue weighted by atomic mass is 16.5. The molecule has 4 aromatic rings. The van der Waals surface area contributed by atoms with Gasteiger partial charge >= 0.3 is 0 Å². The third kappa shape index (κ3) is 7.68. The quantitative estimate of drug-likeness (QED) is 0.126. The molecule has 0 fully saturated rings. The molecule has 0 spiro atoms. The number of imidazole rings is 1. The van der Waals surface area contributed by atoms with E-state index in [1.165, 1.54) is 5.56 Å². The standard InChI is InChI=1S/C32H35N3O2/c1-2-13-27-16-6-9-19-30(27)37-25-11-10-24-35-29-18-8-7-17-28(29)34-31(35)20-12-23-33-32(36)22-21-26-14-4-3-5-15-26/h2-9,14-19,21-22H,1,10-13,20,23-25H2,(H,33,36)/b22-21-. The van der Waals surface area contributed by atoms with Gasteiger partial charge in [0, 0.05) is 25.6 Å². The fraction of sp³-hybridized carbons (Fsp3) is 0.250. The van der Waals surface area contributed by atoms with Gasteiger partial charge in [0.25, 0.3) is 0 Å². The van der Waals surface area contributed by atoms with Crippen LogP contribution in [0.1, 0.15) is 36.2 Å². The predicted molar refractivity (Wildman–Crippen MR) is 152 cm³/mol. The monoisotopic (exact) mass is 493 g/mol. The Morgan fingerprint density at radius 3 is 2.59 bits per heavy atom. The van der Waals surface area contributed by atoms with Gasteiger partial charge < -0.3 is 14.6 Å². The van der Waals surface area contributed by atoms with Gasteiger partial charge in [-0.05, 0) is 61.1 Å². The second kappa shape index (κ2) is 13.8. The molecule has 1 N–H and O–H groups in total. The van der Waals surface area contributed by atoms with Crippen LogP contribution >= 0.6 is 0 Å². The average molecular weight is 494 g/mol. The molecule has 1 heterocycles. The van der Waals surface area contributed by atoms with Crippen molar-refractivity contribution in [2.45, 2.75) is 38.6 Å². The van der Waals surface area contributed by atoms with E-state index in [4.69, 9.17) is 9.72 Å². The number of ether oxygens (including phenoxy) is 1. The fourth-order valence-corrected chi connectivity index (χ4v) is 4.34. The van der Waals surface area contributed by atoms with E-state index >= 15 is 0 Å². The summed E-state index contributed by atoms with van der Waals surface area (Å²) in [4.78, 5) is 17.0. The van der Waals surface area contributed by atoms with E-state index < -0.39 is 0 Å². The lowest BCUT2D eigenvalue weighted by Gasteiger charge is -2.12. The van der Waals surface area contributed by atoms with Crippen LogP contribution in [0.15, 0.2) is 97.6 Å². The number of nitrogens with zero attached hydrogens (tertiary/aromatic N) is 2. The largest absolute Gasteiger partial charge is 0.493 e. The maximum absolute atomic E-state index is 12.2. The van der Waals surface area contributed by atoms with Crippen molar-refractivity contribution < 1.29 is 9.53 Å². The number of hydrogen-bond donors (Lipinski definition) is 1. The molecule has 0 aliphatic rings. The molecule has 190 valence electrons. The van der Waals surface area contributed by atoms with E-state index in [9.17, 15) is 4.79 Å². The Kier molecular flexibility index (Phi) is 9.70. The van der Waals surface area contributed by atoms with Crippen molar-refractivity contribution >= 4 is 23.0 Å². The summed E-state index contributed by atoms with van der Waals surface area (Å²) < 4.78 is 8.38. The molecule has 5 heteroatoms. The maximum Gasteiger partial charge on any atom is 0.243 e. The second-order valence-electron chi connectivity index (χ2n) is 8.96. The molecular formula is C32H35N3O2. The van der Waals surface area contributed by atoms with Gasteiger partial charge in [-0.2, -0.15) is 0 Å². The summed E-state index contributed by atoms with van der Waals surface area (Å²) in [5.74, 6) is 1.93. The number of benzene rings is 3. The Hall–Kier alpha value is -4.12. The van der Waals surface area contributed by atoms with Crippen LogP contribution in [-0.4, -0.2) is 28.6 Å². The van der Waals surface area contributed by atoms with Crippen LogP contribution in [0.4, 0.5) is 0 Å². The number of aromatic nitrogens is 2. The second-order valence-corrected chi connectivity index (χ2v) is 8.96. The molecule has 1 amide bonds. The minimum absolute atomic E-state index is 0.0768. The van der Waals surface area contributed by atoms with E-state index in [0.29, 0.717) is 13.2 Å². The number of unbranched alkanes of at least 4 members (excludes halogenated alkanes) is 1. The zero-order valence-corrected chi connectivity index (χ0v) is 21.3. The molecule has 0 bridgehead atoms. The van der Waals surface area contributed by atoms with E-state index in [0.717, 1.165) is 66.8 Å². The number of hydrogen-bond acceptors (Lipinski definition) is 3. The number of aryl methyl sites for hydroxylation is 2. The van der Waals surface area contributed by atoms with Gasteiger partial charge in [-0.1, -0.05) is 66.7 Å². The molecule has 0 radical (unpaired) electrons. The molecule has 0 aliphatic carbocycles. The molecule has 1 aromatic heterocycles. The minimum atomic E-state index is -0.0768. The van der Waals surface area contributed by atoms with Crippen LogP contribution in [0.2, 0.25) is 0 Å². The number of rotatable bonds is 14. The lowest BCUT2D eigenvalue weighted by atomic mass is 10.1. The van der Waals surface area contributed by atoms with Crippen LogP contribution in [0, 0.1) is 0 Å². The first kappa shape index (κ1) is 26.0. The molecule has 0 unspecified atom stereocenters. The fourth-order valence-electron chi connectivity index (χ4n) is 4.34. The number of carbonyl (C=O) groups excluding carboxylic acids is 1. The first-order valence-corrected chi connectivity index (χ1v) is 13.0. The van der Waals surface area contributed by atoms with Crippen molar-refractivity contribution in [2.24, 2.45) is 0 Å². The van der Waals surface area contributed by atoms with E-state index in [-0.39, 0.29) is 5.91 Å². The highest BCUT2D eigenvalue weighted by molar-refractivity contribution is 5.91. The first-order valence-electron chi connectivity index (χ1n) is 13.0. The number of allylic oxidation sites excluding steroid dienone is 1. The summed E-state index contributed by atoms with van der Waals surface area (Å²) in [5, 5.41) is 2.98. The van der Waals surface area contributed by atoms with Crippen molar-refractivity contribution in [1.29, 1.82) is 0 Å². The van der Waals surface area contributed by atoms with Crippen molar-refractivity contribution in [3.05, 3.63) is 115 Å². The summed E-state index contributed by atoms with van der Waals surface area (Å²) in [6, 6.07) is 26.3. The lowest BCUT2D eigenvalue weighted by Crippen LogP contribution is -2.22. The molecule has 0 saturated heterocycles. The molecule has 0 atom stereocenters. The van der Waals surface area contributed by atoms with Crippen LogP contribution in [-0.2, 0) is 24.2 Å². The van der Waals surface area contributed by atoms with Gasteiger partial charge in [0.15, 0.2) is 0 Å². The molecule has 3 aromatic carbocycles. The number of fused-ring (bicyclic) bond motifs is 1. The lowest BCUT2D eigenvalue weighted by molar-refractivity contribution is -0.116. The zero-order chi connectivity index (χ0) is 25.7. The summed E-state index contributed by atoms with van der Waals surface area (Å²) in [6.07, 6.45) is 9.72. The number of nitrogens with one attached hydrogen (secondary N) is 1. The van der Waals surface area contributed by atoms with Crippen LogP contribution in [0.3, 0.4) is 0 Å². The SMILES string of the molecule is C=CCc1ccccc1OCCCCn1c(CCCNC(=O)/C=C\c2ccccc2)nc2ccccc21. The van der Waals surface area contributed by atoms with Gasteiger partial charge in [0.1, 0.15) is 11.6 Å². The van der Waals surface area contributed by atoms with Crippen molar-refractivity contribution in [3.63, 3.8) is 0 Å². The highest BCUT2D eigenvalue weighted by Crippen LogP contribution is 2.20. The number of carbonyl (C=O) groups is 1. The number of amides is 1. The van der Waals surface area contributed by atoms with Crippen molar-refractivity contribution in [1.82, 2.24) is 14.9 Å². The van der Waals surface area contributed by atoms with E-state index in [2.05, 4.69) is 40.7 Å². The topological polar surface area (TPSA) is 56.1 Å². The Morgan fingerprint density at radius 2 is 1.73 bits per heavy atom. The van der Waals surface area contributed by atoms with Crippen LogP contribution in [0.25, 0.3) is 17.1 Å². The molecular weight excluding hydrogens is 458 g/mol. The van der Waals surface area contributed by atoms with Crippen molar-refractivity contribution in [3.8, 4) is 5.75 Å². The molecule has 4 rings (SSSR count). The third-order valence-corrected chi connectivity index (χ3v) is 6.21. The average Bonchev–Trinajstić information content (AvgIpc) is 3.28. The Morgan fingerprint density at radius 1 is 0.946 bits per heavy atom. The smallest absolute Gasteiger partial charge is 0.243 e. The van der Waals surface area contributed by atoms with Gasteiger partial charge in [0.2, 0.25) is 5.91 Å². The summed E-state index contributed by atoms with van der Waals surface area (Å²) in [6.45, 7) is 6.01. The molecule has 37 heavy (non-hydrogen) atoms. The van der Waals surface area contributed by atoms with Crippen LogP contribution < -0.4 is 10.1 Å². The highest BCUT2D eigenvalue weighted by Gasteiger charge is 2.10. The first-order chi connectivity index (χ1) is 18.2.